The van der Waals surface area contributed by atoms with E-state index in [4.69, 9.17) is 4.52 Å². The molecule has 3 aromatic heterocycles. The lowest BCUT2D eigenvalue weighted by Gasteiger charge is -2.05. The number of nitrogens with one attached hydrogen (secondary N) is 1. The molecule has 146 valence electrons. The Morgan fingerprint density at radius 2 is 2.00 bits per heavy atom. The third-order valence-corrected chi connectivity index (χ3v) is 4.91. The predicted octanol–water partition coefficient (Wildman–Crippen LogP) is 3.92. The van der Waals surface area contributed by atoms with Crippen molar-refractivity contribution < 1.29 is 14.4 Å². The van der Waals surface area contributed by atoms with Gasteiger partial charge in [-0.15, -0.1) is 11.3 Å². The van der Waals surface area contributed by atoms with Crippen LogP contribution in [0.1, 0.15) is 18.7 Å². The molecule has 0 fully saturated rings. The van der Waals surface area contributed by atoms with Gasteiger partial charge in [0.1, 0.15) is 5.75 Å². The van der Waals surface area contributed by atoms with Crippen LogP contribution in [0.2, 0.25) is 0 Å². The number of amides is 1. The number of hydrogen-bond acceptors (Lipinski definition) is 8. The Morgan fingerprint density at radius 1 is 1.14 bits per heavy atom. The third-order valence-electron chi connectivity index (χ3n) is 4.04. The summed E-state index contributed by atoms with van der Waals surface area (Å²) in [7, 11) is 0. The molecule has 0 unspecified atom stereocenters. The molecule has 0 aliphatic heterocycles. The van der Waals surface area contributed by atoms with Gasteiger partial charge in [0, 0.05) is 18.4 Å². The van der Waals surface area contributed by atoms with Crippen LogP contribution >= 0.6 is 11.3 Å². The Hall–Kier alpha value is -3.59. The highest BCUT2D eigenvalue weighted by Gasteiger charge is 2.11. The molecule has 0 aliphatic rings. The first kappa shape index (κ1) is 18.8. The third kappa shape index (κ3) is 4.82. The molecular formula is C20H17N5O3S. The van der Waals surface area contributed by atoms with Crippen LogP contribution in [0.4, 0.5) is 5.69 Å². The highest BCUT2D eigenvalue weighted by Crippen LogP contribution is 2.22. The smallest absolute Gasteiger partial charge is 0.226 e. The second-order valence-corrected chi connectivity index (χ2v) is 7.18. The SMILES string of the molecule is O=C(CCCc1nc(-c2cccs2)no1)Nc1cnc(-c2cccc(O)c2)nc1. The van der Waals surface area contributed by atoms with Gasteiger partial charge in [-0.05, 0) is 30.0 Å². The van der Waals surface area contributed by atoms with Crippen molar-refractivity contribution in [2.75, 3.05) is 5.32 Å². The highest BCUT2D eigenvalue weighted by atomic mass is 32.1. The number of aromatic hydroxyl groups is 1. The van der Waals surface area contributed by atoms with Crippen LogP contribution in [0.3, 0.4) is 0 Å². The molecule has 8 nitrogen and oxygen atoms in total. The molecule has 4 rings (SSSR count). The van der Waals surface area contributed by atoms with Gasteiger partial charge in [-0.25, -0.2) is 9.97 Å². The topological polar surface area (TPSA) is 114 Å². The minimum Gasteiger partial charge on any atom is -0.508 e. The van der Waals surface area contributed by atoms with Gasteiger partial charge in [0.15, 0.2) is 5.82 Å². The summed E-state index contributed by atoms with van der Waals surface area (Å²) >= 11 is 1.55. The van der Waals surface area contributed by atoms with E-state index in [0.29, 0.717) is 48.1 Å². The first-order chi connectivity index (χ1) is 14.2. The van der Waals surface area contributed by atoms with Crippen molar-refractivity contribution in [1.29, 1.82) is 0 Å². The Balaban J connectivity index is 1.26. The molecule has 0 spiro atoms. The number of hydrogen-bond donors (Lipinski definition) is 2. The van der Waals surface area contributed by atoms with Crippen LogP contribution in [-0.2, 0) is 11.2 Å². The maximum Gasteiger partial charge on any atom is 0.226 e. The summed E-state index contributed by atoms with van der Waals surface area (Å²) in [4.78, 5) is 25.9. The Morgan fingerprint density at radius 3 is 2.76 bits per heavy atom. The van der Waals surface area contributed by atoms with Crippen LogP contribution < -0.4 is 5.32 Å². The van der Waals surface area contributed by atoms with E-state index in [-0.39, 0.29) is 11.7 Å². The zero-order valence-corrected chi connectivity index (χ0v) is 16.1. The molecule has 0 atom stereocenters. The summed E-state index contributed by atoms with van der Waals surface area (Å²) in [5.74, 6) is 1.56. The number of carbonyl (C=O) groups excluding carboxylic acids is 1. The van der Waals surface area contributed by atoms with Gasteiger partial charge in [-0.1, -0.05) is 23.4 Å². The molecule has 2 N–H and O–H groups in total. The van der Waals surface area contributed by atoms with E-state index in [1.54, 1.807) is 35.6 Å². The van der Waals surface area contributed by atoms with Gasteiger partial charge in [-0.2, -0.15) is 4.98 Å². The summed E-state index contributed by atoms with van der Waals surface area (Å²) in [5, 5.41) is 18.2. The van der Waals surface area contributed by atoms with Crippen LogP contribution in [0, 0.1) is 0 Å². The fourth-order valence-electron chi connectivity index (χ4n) is 2.67. The van der Waals surface area contributed by atoms with Gasteiger partial charge < -0.3 is 14.9 Å². The number of phenols is 1. The van der Waals surface area contributed by atoms with Crippen molar-refractivity contribution in [3.63, 3.8) is 0 Å². The summed E-state index contributed by atoms with van der Waals surface area (Å²) in [6.07, 6.45) is 4.50. The Labute approximate surface area is 170 Å². The maximum atomic E-state index is 12.1. The van der Waals surface area contributed by atoms with Crippen LogP contribution in [-0.4, -0.2) is 31.1 Å². The quantitative estimate of drug-likeness (QED) is 0.477. The van der Waals surface area contributed by atoms with Crippen LogP contribution in [0.25, 0.3) is 22.1 Å². The molecule has 0 saturated carbocycles. The van der Waals surface area contributed by atoms with Gasteiger partial charge in [-0.3, -0.25) is 4.79 Å². The molecule has 0 saturated heterocycles. The Kier molecular flexibility index (Phi) is 5.57. The van der Waals surface area contributed by atoms with Crippen molar-refractivity contribution >= 4 is 22.9 Å². The van der Waals surface area contributed by atoms with E-state index in [2.05, 4.69) is 25.4 Å². The Bertz CT molecular complexity index is 1090. The molecule has 9 heteroatoms. The minimum absolute atomic E-state index is 0.142. The lowest BCUT2D eigenvalue weighted by Crippen LogP contribution is -2.12. The first-order valence-corrected chi connectivity index (χ1v) is 9.83. The zero-order valence-electron chi connectivity index (χ0n) is 15.3. The van der Waals surface area contributed by atoms with Gasteiger partial charge in [0.05, 0.1) is 23.0 Å². The monoisotopic (exact) mass is 407 g/mol. The number of aryl methyl sites for hydroxylation is 1. The second-order valence-electron chi connectivity index (χ2n) is 6.24. The number of carbonyl (C=O) groups is 1. The first-order valence-electron chi connectivity index (χ1n) is 8.95. The van der Waals surface area contributed by atoms with Crippen molar-refractivity contribution in [3.05, 3.63) is 60.1 Å². The number of anilines is 1. The average molecular weight is 407 g/mol. The number of rotatable bonds is 7. The fraction of sp³-hybridized carbons (Fsp3) is 0.150. The molecule has 3 heterocycles. The van der Waals surface area contributed by atoms with Crippen molar-refractivity contribution in [2.45, 2.75) is 19.3 Å². The lowest BCUT2D eigenvalue weighted by atomic mass is 10.2. The molecule has 0 radical (unpaired) electrons. The van der Waals surface area contributed by atoms with Gasteiger partial charge in [0.25, 0.3) is 0 Å². The molecule has 29 heavy (non-hydrogen) atoms. The minimum atomic E-state index is -0.142. The molecule has 4 aromatic rings. The van der Waals surface area contributed by atoms with E-state index >= 15 is 0 Å². The molecule has 0 aliphatic carbocycles. The predicted molar refractivity (Wildman–Crippen MR) is 108 cm³/mol. The number of thiophene rings is 1. The normalized spacial score (nSPS) is 10.8. The van der Waals surface area contributed by atoms with Crippen molar-refractivity contribution in [2.24, 2.45) is 0 Å². The zero-order chi connectivity index (χ0) is 20.1. The number of phenolic OH excluding ortho intramolecular Hbond substituents is 1. The molecule has 1 amide bonds. The van der Waals surface area contributed by atoms with E-state index in [9.17, 15) is 9.90 Å². The van der Waals surface area contributed by atoms with Gasteiger partial charge >= 0.3 is 0 Å². The summed E-state index contributed by atoms with van der Waals surface area (Å²) in [6, 6.07) is 10.5. The second kappa shape index (κ2) is 8.61. The highest BCUT2D eigenvalue weighted by molar-refractivity contribution is 7.13. The largest absolute Gasteiger partial charge is 0.508 e. The number of nitrogens with zero attached hydrogens (tertiary/aromatic N) is 4. The molecule has 0 bridgehead atoms. The van der Waals surface area contributed by atoms with Crippen LogP contribution in [0.15, 0.2) is 58.7 Å². The molecular weight excluding hydrogens is 390 g/mol. The van der Waals surface area contributed by atoms with Gasteiger partial charge in [0.2, 0.25) is 17.6 Å². The fourth-order valence-corrected chi connectivity index (χ4v) is 3.32. The summed E-state index contributed by atoms with van der Waals surface area (Å²) in [5.41, 5.74) is 1.21. The van der Waals surface area contributed by atoms with E-state index in [1.165, 1.54) is 12.4 Å². The summed E-state index contributed by atoms with van der Waals surface area (Å²) in [6.45, 7) is 0. The van der Waals surface area contributed by atoms with E-state index in [0.717, 1.165) is 4.88 Å². The standard InChI is InChI=1S/C20H17N5O3S/c26-15-5-1-4-13(10-15)19-21-11-14(12-22-19)23-17(27)7-2-8-18-24-20(25-28-18)16-6-3-9-29-16/h1,3-6,9-12,26H,2,7-8H2,(H,23,27). The summed E-state index contributed by atoms with van der Waals surface area (Å²) < 4.78 is 5.23. The van der Waals surface area contributed by atoms with E-state index in [1.807, 2.05) is 17.5 Å². The number of aromatic nitrogens is 4. The van der Waals surface area contributed by atoms with Crippen molar-refractivity contribution in [1.82, 2.24) is 20.1 Å². The van der Waals surface area contributed by atoms with E-state index < -0.39 is 0 Å². The molecule has 1 aromatic carbocycles. The van der Waals surface area contributed by atoms with Crippen LogP contribution in [0.5, 0.6) is 5.75 Å². The average Bonchev–Trinajstić information content (AvgIpc) is 3.40. The maximum absolute atomic E-state index is 12.1. The number of benzene rings is 1. The lowest BCUT2D eigenvalue weighted by molar-refractivity contribution is -0.116. The van der Waals surface area contributed by atoms with Crippen molar-refractivity contribution in [3.8, 4) is 27.8 Å².